The number of carbonyl (C=O) groups is 1. The van der Waals surface area contributed by atoms with Crippen molar-refractivity contribution in [1.82, 2.24) is 8.61 Å². The molecule has 1 N–H and O–H groups in total. The number of hydrogen-bond acceptors (Lipinski definition) is 4. The highest BCUT2D eigenvalue weighted by Crippen LogP contribution is 2.29. The average Bonchev–Trinajstić information content (AvgIpc) is 2.62. The Hall–Kier alpha value is -1.48. The summed E-state index contributed by atoms with van der Waals surface area (Å²) < 4.78 is 33.8. The summed E-state index contributed by atoms with van der Waals surface area (Å²) >= 11 is 0. The lowest BCUT2D eigenvalue weighted by atomic mass is 9.91. The van der Waals surface area contributed by atoms with Gasteiger partial charge in [-0.2, -0.15) is 17.0 Å². The summed E-state index contributed by atoms with van der Waals surface area (Å²) in [5.74, 6) is -0.945. The molecule has 2 fully saturated rings. The van der Waals surface area contributed by atoms with Gasteiger partial charge in [0, 0.05) is 26.2 Å². The third-order valence-electron chi connectivity index (χ3n) is 4.61. The van der Waals surface area contributed by atoms with Gasteiger partial charge >= 0.3 is 5.97 Å². The molecule has 7 nitrogen and oxygen atoms in total. The summed E-state index contributed by atoms with van der Waals surface area (Å²) in [6.45, 7) is 2.53. The van der Waals surface area contributed by atoms with Crippen LogP contribution in [0.2, 0.25) is 0 Å². The van der Waals surface area contributed by atoms with Crippen LogP contribution < -0.4 is 0 Å². The lowest BCUT2D eigenvalue weighted by molar-refractivity contribution is 0.0695. The Bertz CT molecular complexity index is 700. The fraction of sp³-hybridized carbons (Fsp3) is 0.562. The van der Waals surface area contributed by atoms with Crippen LogP contribution in [0.25, 0.3) is 0 Å². The number of piperidine rings is 1. The van der Waals surface area contributed by atoms with Crippen molar-refractivity contribution >= 4 is 16.2 Å². The Balaban J connectivity index is 1.76. The van der Waals surface area contributed by atoms with Gasteiger partial charge < -0.3 is 9.84 Å². The molecule has 24 heavy (non-hydrogen) atoms. The molecule has 2 heterocycles. The zero-order valence-corrected chi connectivity index (χ0v) is 14.2. The van der Waals surface area contributed by atoms with E-state index >= 15 is 0 Å². The van der Waals surface area contributed by atoms with E-state index in [0.717, 1.165) is 18.4 Å². The van der Waals surface area contributed by atoms with Crippen LogP contribution in [0.15, 0.2) is 24.3 Å². The summed E-state index contributed by atoms with van der Waals surface area (Å²) in [6, 6.07) is 6.80. The number of carboxylic acid groups (broad SMARTS) is 1. The van der Waals surface area contributed by atoms with Gasteiger partial charge in [-0.15, -0.1) is 0 Å². The molecule has 0 aromatic heterocycles. The predicted molar refractivity (Wildman–Crippen MR) is 88.3 cm³/mol. The number of morpholine rings is 1. The average molecular weight is 354 g/mol. The van der Waals surface area contributed by atoms with Crippen molar-refractivity contribution < 1.29 is 23.1 Å². The Labute approximate surface area is 142 Å². The second-order valence-electron chi connectivity index (χ2n) is 6.15. The van der Waals surface area contributed by atoms with E-state index in [4.69, 9.17) is 9.84 Å². The summed E-state index contributed by atoms with van der Waals surface area (Å²) in [5.41, 5.74) is 1.12. The minimum atomic E-state index is -3.48. The van der Waals surface area contributed by atoms with Gasteiger partial charge in [0.15, 0.2) is 0 Å². The maximum atomic E-state index is 12.8. The van der Waals surface area contributed by atoms with Gasteiger partial charge in [0.2, 0.25) is 0 Å². The molecule has 132 valence electrons. The van der Waals surface area contributed by atoms with Crippen LogP contribution in [0.5, 0.6) is 0 Å². The van der Waals surface area contributed by atoms with Crippen molar-refractivity contribution in [2.45, 2.75) is 18.8 Å². The first-order valence-corrected chi connectivity index (χ1v) is 9.54. The summed E-state index contributed by atoms with van der Waals surface area (Å²) in [4.78, 5) is 11.1. The molecule has 0 spiro atoms. The number of ether oxygens (including phenoxy) is 1. The molecular formula is C16H22N2O5S. The highest BCUT2D eigenvalue weighted by atomic mass is 32.2. The van der Waals surface area contributed by atoms with Crippen molar-refractivity contribution in [3.05, 3.63) is 35.4 Å². The zero-order valence-electron chi connectivity index (χ0n) is 13.4. The molecule has 1 aromatic carbocycles. The van der Waals surface area contributed by atoms with E-state index in [-0.39, 0.29) is 11.5 Å². The van der Waals surface area contributed by atoms with E-state index in [2.05, 4.69) is 0 Å². The van der Waals surface area contributed by atoms with Gasteiger partial charge in [0.1, 0.15) is 0 Å². The normalized spacial score (nSPS) is 23.9. The quantitative estimate of drug-likeness (QED) is 0.876. The van der Waals surface area contributed by atoms with E-state index in [0.29, 0.717) is 39.4 Å². The molecule has 2 saturated heterocycles. The molecule has 0 bridgehead atoms. The van der Waals surface area contributed by atoms with Gasteiger partial charge in [-0.25, -0.2) is 4.79 Å². The molecule has 0 saturated carbocycles. The van der Waals surface area contributed by atoms with Gasteiger partial charge in [0.05, 0.1) is 18.8 Å². The largest absolute Gasteiger partial charge is 0.478 e. The maximum absolute atomic E-state index is 12.8. The van der Waals surface area contributed by atoms with Crippen LogP contribution >= 0.6 is 0 Å². The van der Waals surface area contributed by atoms with Crippen LogP contribution in [-0.2, 0) is 14.9 Å². The first-order chi connectivity index (χ1) is 11.5. The van der Waals surface area contributed by atoms with Crippen LogP contribution in [0, 0.1) is 0 Å². The Morgan fingerprint density at radius 1 is 1.17 bits per heavy atom. The maximum Gasteiger partial charge on any atom is 0.335 e. The first kappa shape index (κ1) is 17.3. The van der Waals surface area contributed by atoms with Crippen molar-refractivity contribution in [3.63, 3.8) is 0 Å². The number of aromatic carboxylic acids is 1. The molecule has 0 unspecified atom stereocenters. The van der Waals surface area contributed by atoms with Gasteiger partial charge in [-0.1, -0.05) is 12.1 Å². The third kappa shape index (κ3) is 3.61. The van der Waals surface area contributed by atoms with Crippen LogP contribution in [-0.4, -0.2) is 67.5 Å². The van der Waals surface area contributed by atoms with Crippen molar-refractivity contribution in [2.75, 3.05) is 39.4 Å². The number of hydrogen-bond donors (Lipinski definition) is 1. The van der Waals surface area contributed by atoms with Crippen LogP contribution in [0.3, 0.4) is 0 Å². The second-order valence-corrected chi connectivity index (χ2v) is 8.08. The summed E-state index contributed by atoms with van der Waals surface area (Å²) in [7, 11) is -3.48. The van der Waals surface area contributed by atoms with Gasteiger partial charge in [-0.3, -0.25) is 0 Å². The fourth-order valence-corrected chi connectivity index (χ4v) is 4.96. The van der Waals surface area contributed by atoms with E-state index < -0.39 is 16.2 Å². The minimum Gasteiger partial charge on any atom is -0.478 e. The van der Waals surface area contributed by atoms with Crippen molar-refractivity contribution in [1.29, 1.82) is 0 Å². The Morgan fingerprint density at radius 2 is 1.92 bits per heavy atom. The Morgan fingerprint density at radius 3 is 2.62 bits per heavy atom. The standard InChI is InChI=1S/C16H22N2O5S/c19-16(20)14-4-1-3-13(11-14)15-5-2-6-18(12-15)24(21,22)17-7-9-23-10-8-17/h1,3-4,11,15H,2,5-10,12H2,(H,19,20)/t15-/m1/s1. The summed E-state index contributed by atoms with van der Waals surface area (Å²) in [5, 5.41) is 9.13. The molecule has 8 heteroatoms. The first-order valence-electron chi connectivity index (χ1n) is 8.15. The molecule has 0 amide bonds. The van der Waals surface area contributed by atoms with E-state index in [1.54, 1.807) is 18.2 Å². The van der Waals surface area contributed by atoms with E-state index in [9.17, 15) is 13.2 Å². The second kappa shape index (κ2) is 7.18. The van der Waals surface area contributed by atoms with Crippen LogP contribution in [0.4, 0.5) is 0 Å². The van der Waals surface area contributed by atoms with Gasteiger partial charge in [-0.05, 0) is 36.5 Å². The monoisotopic (exact) mass is 354 g/mol. The Kier molecular flexibility index (Phi) is 5.19. The fourth-order valence-electron chi connectivity index (χ4n) is 3.29. The van der Waals surface area contributed by atoms with Crippen LogP contribution in [0.1, 0.15) is 34.7 Å². The molecule has 0 aliphatic carbocycles. The molecular weight excluding hydrogens is 332 g/mol. The predicted octanol–water partition coefficient (Wildman–Crippen LogP) is 1.14. The molecule has 2 aliphatic heterocycles. The SMILES string of the molecule is O=C(O)c1cccc([C@@H]2CCCN(S(=O)(=O)N3CCOCC3)C2)c1. The van der Waals surface area contributed by atoms with Crippen molar-refractivity contribution in [2.24, 2.45) is 0 Å². The smallest absolute Gasteiger partial charge is 0.335 e. The third-order valence-corrected chi connectivity index (χ3v) is 6.61. The van der Waals surface area contributed by atoms with Gasteiger partial charge in [0.25, 0.3) is 10.2 Å². The highest BCUT2D eigenvalue weighted by Gasteiger charge is 2.34. The highest BCUT2D eigenvalue weighted by molar-refractivity contribution is 7.86. The molecule has 0 radical (unpaired) electrons. The number of benzene rings is 1. The van der Waals surface area contributed by atoms with E-state index in [1.165, 1.54) is 8.61 Å². The number of rotatable bonds is 4. The van der Waals surface area contributed by atoms with E-state index in [1.807, 2.05) is 6.07 Å². The van der Waals surface area contributed by atoms with Crippen molar-refractivity contribution in [3.8, 4) is 0 Å². The number of carboxylic acids is 1. The topological polar surface area (TPSA) is 87.2 Å². The molecule has 1 atom stereocenters. The number of nitrogens with zero attached hydrogens (tertiary/aromatic N) is 2. The lowest BCUT2D eigenvalue weighted by Gasteiger charge is -2.36. The molecule has 1 aromatic rings. The summed E-state index contributed by atoms with van der Waals surface area (Å²) in [6.07, 6.45) is 1.63. The lowest BCUT2D eigenvalue weighted by Crippen LogP contribution is -2.51. The molecule has 3 rings (SSSR count). The molecule has 2 aliphatic rings. The minimum absolute atomic E-state index is 0.0221. The zero-order chi connectivity index (χ0) is 17.2.